The van der Waals surface area contributed by atoms with Crippen LogP contribution in [0.5, 0.6) is 5.75 Å². The van der Waals surface area contributed by atoms with Crippen LogP contribution < -0.4 is 4.74 Å². The highest BCUT2D eigenvalue weighted by Gasteiger charge is 2.13. The maximum absolute atomic E-state index is 12.3. The summed E-state index contributed by atoms with van der Waals surface area (Å²) in [5, 5.41) is 0. The second-order valence-electron chi connectivity index (χ2n) is 4.81. The number of carbonyl (C=O) groups is 1. The lowest BCUT2D eigenvalue weighted by Gasteiger charge is -2.10. The van der Waals surface area contributed by atoms with Crippen molar-refractivity contribution >= 4 is 5.78 Å². The van der Waals surface area contributed by atoms with Crippen LogP contribution in [0.15, 0.2) is 48.5 Å². The molecule has 0 atom stereocenters. The van der Waals surface area contributed by atoms with Gasteiger partial charge in [-0.25, -0.2) is 0 Å². The van der Waals surface area contributed by atoms with Gasteiger partial charge in [-0.1, -0.05) is 49.7 Å². The van der Waals surface area contributed by atoms with Gasteiger partial charge in [0, 0.05) is 6.42 Å². The highest BCUT2D eigenvalue weighted by atomic mass is 16.5. The summed E-state index contributed by atoms with van der Waals surface area (Å²) in [7, 11) is 1.61. The van der Waals surface area contributed by atoms with Gasteiger partial charge in [-0.3, -0.25) is 4.79 Å². The number of rotatable bonds is 6. The van der Waals surface area contributed by atoms with Crippen molar-refractivity contribution in [3.05, 3.63) is 54.1 Å². The highest BCUT2D eigenvalue weighted by Crippen LogP contribution is 2.27. The third kappa shape index (κ3) is 3.27. The normalized spacial score (nSPS) is 10.3. The number of unbranched alkanes of at least 4 members (excludes halogenated alkanes) is 1. The van der Waals surface area contributed by atoms with Crippen LogP contribution in [0, 0.1) is 0 Å². The first-order valence-electron chi connectivity index (χ1n) is 7.03. The van der Waals surface area contributed by atoms with Crippen LogP contribution in [-0.2, 0) is 0 Å². The van der Waals surface area contributed by atoms with E-state index in [1.807, 2.05) is 48.5 Å². The molecule has 0 fully saturated rings. The first kappa shape index (κ1) is 14.3. The lowest BCUT2D eigenvalue weighted by Crippen LogP contribution is -2.02. The number of hydrogen-bond acceptors (Lipinski definition) is 2. The van der Waals surface area contributed by atoms with E-state index in [1.54, 1.807) is 7.11 Å². The zero-order valence-electron chi connectivity index (χ0n) is 12.1. The summed E-state index contributed by atoms with van der Waals surface area (Å²) in [5.74, 6) is 0.812. The van der Waals surface area contributed by atoms with Gasteiger partial charge in [0.25, 0.3) is 0 Å². The van der Waals surface area contributed by atoms with E-state index in [1.165, 1.54) is 0 Å². The van der Waals surface area contributed by atoms with E-state index >= 15 is 0 Å². The first-order valence-corrected chi connectivity index (χ1v) is 7.03. The smallest absolute Gasteiger partial charge is 0.166 e. The summed E-state index contributed by atoms with van der Waals surface area (Å²) in [4.78, 5) is 12.3. The number of Topliss-reactive ketones (excluding diaryl/α,β-unsaturated/α-hetero) is 1. The van der Waals surface area contributed by atoms with Gasteiger partial charge in [0.05, 0.1) is 12.7 Å². The van der Waals surface area contributed by atoms with Crippen molar-refractivity contribution in [1.82, 2.24) is 0 Å². The Hall–Kier alpha value is -2.09. The molecule has 0 aliphatic rings. The summed E-state index contributed by atoms with van der Waals surface area (Å²) in [5.41, 5.74) is 2.84. The van der Waals surface area contributed by atoms with Gasteiger partial charge in [0.2, 0.25) is 0 Å². The molecule has 2 nitrogen and oxygen atoms in total. The number of benzene rings is 2. The molecular formula is C18H20O2. The molecule has 0 bridgehead atoms. The van der Waals surface area contributed by atoms with E-state index < -0.39 is 0 Å². The van der Waals surface area contributed by atoms with Crippen LogP contribution in [0.1, 0.15) is 36.5 Å². The summed E-state index contributed by atoms with van der Waals surface area (Å²) in [6.45, 7) is 2.09. The van der Waals surface area contributed by atoms with Crippen LogP contribution in [0.4, 0.5) is 0 Å². The fourth-order valence-electron chi connectivity index (χ4n) is 2.21. The van der Waals surface area contributed by atoms with Crippen LogP contribution in [0.2, 0.25) is 0 Å². The minimum Gasteiger partial charge on any atom is -0.496 e. The van der Waals surface area contributed by atoms with Gasteiger partial charge >= 0.3 is 0 Å². The molecule has 0 aliphatic heterocycles. The SMILES string of the molecule is CCCCC(=O)c1cc(-c2ccccc2)ccc1OC. The topological polar surface area (TPSA) is 26.3 Å². The molecule has 2 rings (SSSR count). The lowest BCUT2D eigenvalue weighted by atomic mass is 9.98. The van der Waals surface area contributed by atoms with Crippen LogP contribution >= 0.6 is 0 Å². The molecule has 2 aromatic carbocycles. The van der Waals surface area contributed by atoms with Gasteiger partial charge < -0.3 is 4.74 Å². The molecule has 0 N–H and O–H groups in total. The van der Waals surface area contributed by atoms with Crippen LogP contribution in [-0.4, -0.2) is 12.9 Å². The Kier molecular flexibility index (Phi) is 4.94. The van der Waals surface area contributed by atoms with Crippen molar-refractivity contribution in [3.8, 4) is 16.9 Å². The summed E-state index contributed by atoms with van der Waals surface area (Å²) in [6, 6.07) is 15.9. The van der Waals surface area contributed by atoms with Crippen molar-refractivity contribution in [1.29, 1.82) is 0 Å². The van der Waals surface area contributed by atoms with Crippen molar-refractivity contribution in [2.75, 3.05) is 7.11 Å². The molecule has 2 aromatic rings. The third-order valence-corrected chi connectivity index (χ3v) is 3.36. The zero-order valence-corrected chi connectivity index (χ0v) is 12.1. The van der Waals surface area contributed by atoms with Gasteiger partial charge in [0.15, 0.2) is 5.78 Å². The Morgan fingerprint density at radius 3 is 2.45 bits per heavy atom. The molecule has 0 aliphatic carbocycles. The maximum Gasteiger partial charge on any atom is 0.166 e. The van der Waals surface area contributed by atoms with Crippen LogP contribution in [0.3, 0.4) is 0 Å². The molecule has 20 heavy (non-hydrogen) atoms. The second kappa shape index (κ2) is 6.90. The zero-order chi connectivity index (χ0) is 14.4. The quantitative estimate of drug-likeness (QED) is 0.708. The number of hydrogen-bond donors (Lipinski definition) is 0. The molecule has 0 heterocycles. The molecule has 0 aromatic heterocycles. The van der Waals surface area contributed by atoms with Crippen LogP contribution in [0.25, 0.3) is 11.1 Å². The monoisotopic (exact) mass is 268 g/mol. The van der Waals surface area contributed by atoms with Crippen molar-refractivity contribution in [2.24, 2.45) is 0 Å². The fourth-order valence-corrected chi connectivity index (χ4v) is 2.21. The Morgan fingerprint density at radius 1 is 1.05 bits per heavy atom. The molecule has 0 radical (unpaired) electrons. The first-order chi connectivity index (χ1) is 9.76. The van der Waals surface area contributed by atoms with E-state index in [-0.39, 0.29) is 5.78 Å². The van der Waals surface area contributed by atoms with Gasteiger partial charge in [-0.05, 0) is 29.7 Å². The average Bonchev–Trinajstić information content (AvgIpc) is 2.52. The Bertz CT molecular complexity index is 573. The minimum absolute atomic E-state index is 0.154. The predicted octanol–water partition coefficient (Wildman–Crippen LogP) is 4.74. The van der Waals surface area contributed by atoms with E-state index in [0.29, 0.717) is 17.7 Å². The number of ketones is 1. The maximum atomic E-state index is 12.3. The van der Waals surface area contributed by atoms with Crippen molar-refractivity contribution in [3.63, 3.8) is 0 Å². The van der Waals surface area contributed by atoms with E-state index in [0.717, 1.165) is 24.0 Å². The largest absolute Gasteiger partial charge is 0.496 e. The number of carbonyl (C=O) groups excluding carboxylic acids is 1. The summed E-state index contributed by atoms with van der Waals surface area (Å²) >= 11 is 0. The van der Waals surface area contributed by atoms with Gasteiger partial charge in [0.1, 0.15) is 5.75 Å². The Labute approximate surface area is 120 Å². The number of ether oxygens (including phenoxy) is 1. The minimum atomic E-state index is 0.154. The predicted molar refractivity (Wildman–Crippen MR) is 82.3 cm³/mol. The van der Waals surface area contributed by atoms with E-state index in [2.05, 4.69) is 6.92 Å². The second-order valence-corrected chi connectivity index (χ2v) is 4.81. The standard InChI is InChI=1S/C18H20O2/c1-3-4-10-17(19)16-13-15(11-12-18(16)20-2)14-8-6-5-7-9-14/h5-9,11-13H,3-4,10H2,1-2H3. The van der Waals surface area contributed by atoms with E-state index in [4.69, 9.17) is 4.74 Å². The van der Waals surface area contributed by atoms with Gasteiger partial charge in [-0.15, -0.1) is 0 Å². The number of methoxy groups -OCH3 is 1. The van der Waals surface area contributed by atoms with Gasteiger partial charge in [-0.2, -0.15) is 0 Å². The Morgan fingerprint density at radius 2 is 1.80 bits per heavy atom. The molecule has 0 saturated heterocycles. The summed E-state index contributed by atoms with van der Waals surface area (Å²) < 4.78 is 5.32. The fraction of sp³-hybridized carbons (Fsp3) is 0.278. The highest BCUT2D eigenvalue weighted by molar-refractivity contribution is 5.99. The van der Waals surface area contributed by atoms with Crippen molar-refractivity contribution in [2.45, 2.75) is 26.2 Å². The summed E-state index contributed by atoms with van der Waals surface area (Å²) in [6.07, 6.45) is 2.51. The molecule has 0 saturated carbocycles. The molecule has 2 heteroatoms. The molecule has 0 amide bonds. The van der Waals surface area contributed by atoms with E-state index in [9.17, 15) is 4.79 Å². The van der Waals surface area contributed by atoms with Crippen molar-refractivity contribution < 1.29 is 9.53 Å². The molecule has 104 valence electrons. The average molecular weight is 268 g/mol. The molecule has 0 spiro atoms. The molecule has 0 unspecified atom stereocenters. The third-order valence-electron chi connectivity index (χ3n) is 3.36. The Balaban J connectivity index is 2.36. The molecular weight excluding hydrogens is 248 g/mol. The lowest BCUT2D eigenvalue weighted by molar-refractivity contribution is 0.0977.